The first-order valence-electron chi connectivity index (χ1n) is 6.84. The van der Waals surface area contributed by atoms with E-state index >= 15 is 0 Å². The van der Waals surface area contributed by atoms with Crippen molar-refractivity contribution in [2.45, 2.75) is 31.7 Å². The van der Waals surface area contributed by atoms with Crippen molar-refractivity contribution in [3.63, 3.8) is 0 Å². The molecule has 0 heterocycles. The van der Waals surface area contributed by atoms with Crippen LogP contribution in [-0.2, 0) is 9.53 Å². The number of amides is 1. The summed E-state index contributed by atoms with van der Waals surface area (Å²) in [4.78, 5) is 14.0. The lowest BCUT2D eigenvalue weighted by atomic mass is 10.1. The number of halogens is 2. The van der Waals surface area contributed by atoms with E-state index in [9.17, 15) is 4.79 Å². The number of methoxy groups -OCH3 is 1. The highest BCUT2D eigenvalue weighted by Crippen LogP contribution is 2.23. The number of nitrogens with two attached hydrogens (primary N) is 1. The third kappa shape index (κ3) is 8.97. The van der Waals surface area contributed by atoms with Gasteiger partial charge in [0.25, 0.3) is 0 Å². The van der Waals surface area contributed by atoms with Crippen LogP contribution in [0.2, 0.25) is 0 Å². The molecule has 122 valence electrons. The minimum Gasteiger partial charge on any atom is -0.383 e. The maximum Gasteiger partial charge on any atom is 0.223 e. The van der Waals surface area contributed by atoms with E-state index in [0.29, 0.717) is 0 Å². The Kier molecular flexibility index (Phi) is 14.1. The molecule has 1 rings (SSSR count). The quantitative estimate of drug-likeness (QED) is 0.653. The van der Waals surface area contributed by atoms with Crippen LogP contribution in [0.3, 0.4) is 0 Å². The number of carbonyl (C=O) groups excluding carboxylic acids is 1. The summed E-state index contributed by atoms with van der Waals surface area (Å²) in [5, 5.41) is 3.00. The molecule has 20 heavy (non-hydrogen) atoms. The molecule has 1 fully saturated rings. The summed E-state index contributed by atoms with van der Waals surface area (Å²) in [7, 11) is 3.78. The summed E-state index contributed by atoms with van der Waals surface area (Å²) in [5.74, 6) is 0.328. The standard InChI is InChI=1S/C13H27N3O2.2ClH/c1-16(8-9-18-2)7-3-6-15-13(17)11-4-5-12(14)10-11;;/h11-12H,3-10,14H2,1-2H3,(H,15,17);2*1H. The van der Waals surface area contributed by atoms with Crippen molar-refractivity contribution in [2.24, 2.45) is 11.7 Å². The summed E-state index contributed by atoms with van der Waals surface area (Å²) in [6.45, 7) is 3.42. The van der Waals surface area contributed by atoms with Crippen LogP contribution in [0.4, 0.5) is 0 Å². The predicted molar refractivity (Wildman–Crippen MR) is 86.8 cm³/mol. The highest BCUT2D eigenvalue weighted by Gasteiger charge is 2.27. The number of hydrogen-bond acceptors (Lipinski definition) is 4. The van der Waals surface area contributed by atoms with Crippen molar-refractivity contribution in [1.82, 2.24) is 10.2 Å². The third-order valence-corrected chi connectivity index (χ3v) is 3.54. The van der Waals surface area contributed by atoms with Gasteiger partial charge in [-0.3, -0.25) is 4.79 Å². The van der Waals surface area contributed by atoms with E-state index in [-0.39, 0.29) is 42.7 Å². The van der Waals surface area contributed by atoms with Crippen molar-refractivity contribution in [3.8, 4) is 0 Å². The number of hydrogen-bond donors (Lipinski definition) is 2. The zero-order valence-corrected chi connectivity index (χ0v) is 14.1. The molecule has 3 N–H and O–H groups in total. The minimum absolute atomic E-state index is 0. The molecular weight excluding hydrogens is 301 g/mol. The first kappa shape index (κ1) is 22.2. The molecular formula is C13H29Cl2N3O2. The molecule has 2 unspecified atom stereocenters. The van der Waals surface area contributed by atoms with Crippen molar-refractivity contribution < 1.29 is 9.53 Å². The molecule has 0 radical (unpaired) electrons. The van der Waals surface area contributed by atoms with Gasteiger partial charge in [0.05, 0.1) is 6.61 Å². The largest absolute Gasteiger partial charge is 0.383 e. The lowest BCUT2D eigenvalue weighted by molar-refractivity contribution is -0.124. The first-order valence-corrected chi connectivity index (χ1v) is 6.84. The van der Waals surface area contributed by atoms with Crippen molar-refractivity contribution in [3.05, 3.63) is 0 Å². The van der Waals surface area contributed by atoms with E-state index in [1.54, 1.807) is 7.11 Å². The number of ether oxygens (including phenoxy) is 1. The molecule has 2 atom stereocenters. The Bertz CT molecular complexity index is 258. The van der Waals surface area contributed by atoms with Crippen molar-refractivity contribution >= 4 is 30.7 Å². The second-order valence-corrected chi connectivity index (χ2v) is 5.21. The molecule has 0 aromatic carbocycles. The Labute approximate surface area is 134 Å². The second-order valence-electron chi connectivity index (χ2n) is 5.21. The fourth-order valence-electron chi connectivity index (χ4n) is 2.32. The van der Waals surface area contributed by atoms with Gasteiger partial charge >= 0.3 is 0 Å². The normalized spacial score (nSPS) is 21.2. The molecule has 0 aliphatic heterocycles. The van der Waals surface area contributed by atoms with Crippen LogP contribution in [0.5, 0.6) is 0 Å². The lowest BCUT2D eigenvalue weighted by Crippen LogP contribution is -2.33. The van der Waals surface area contributed by atoms with Gasteiger partial charge in [-0.2, -0.15) is 0 Å². The zero-order chi connectivity index (χ0) is 13.4. The van der Waals surface area contributed by atoms with E-state index in [4.69, 9.17) is 10.5 Å². The fourth-order valence-corrected chi connectivity index (χ4v) is 2.32. The van der Waals surface area contributed by atoms with Gasteiger partial charge in [-0.05, 0) is 39.3 Å². The van der Waals surface area contributed by atoms with E-state index in [0.717, 1.165) is 51.9 Å². The van der Waals surface area contributed by atoms with Crippen LogP contribution in [0, 0.1) is 5.92 Å². The molecule has 1 saturated carbocycles. The Morgan fingerprint density at radius 2 is 2.05 bits per heavy atom. The van der Waals surface area contributed by atoms with Gasteiger partial charge in [0.1, 0.15) is 0 Å². The molecule has 0 aromatic heterocycles. The molecule has 0 saturated heterocycles. The minimum atomic E-state index is 0. The number of likely N-dealkylation sites (N-methyl/N-ethyl adjacent to an activating group) is 1. The average Bonchev–Trinajstić information content (AvgIpc) is 2.78. The molecule has 5 nitrogen and oxygen atoms in total. The Morgan fingerprint density at radius 3 is 2.60 bits per heavy atom. The fraction of sp³-hybridized carbons (Fsp3) is 0.923. The van der Waals surface area contributed by atoms with Gasteiger partial charge in [-0.1, -0.05) is 0 Å². The summed E-state index contributed by atoms with van der Waals surface area (Å²) in [6.07, 6.45) is 3.75. The maximum atomic E-state index is 11.8. The van der Waals surface area contributed by atoms with E-state index in [2.05, 4.69) is 17.3 Å². The van der Waals surface area contributed by atoms with E-state index < -0.39 is 0 Å². The van der Waals surface area contributed by atoms with Crippen molar-refractivity contribution in [2.75, 3.05) is 40.4 Å². The Morgan fingerprint density at radius 1 is 1.35 bits per heavy atom. The SMILES string of the molecule is COCCN(C)CCCNC(=O)C1CCC(N)C1.Cl.Cl. The highest BCUT2D eigenvalue weighted by molar-refractivity contribution is 5.85. The highest BCUT2D eigenvalue weighted by atomic mass is 35.5. The molecule has 0 spiro atoms. The van der Waals surface area contributed by atoms with Crippen LogP contribution < -0.4 is 11.1 Å². The van der Waals surface area contributed by atoms with Crippen LogP contribution in [0.1, 0.15) is 25.7 Å². The van der Waals surface area contributed by atoms with Gasteiger partial charge < -0.3 is 20.7 Å². The van der Waals surface area contributed by atoms with Gasteiger partial charge in [0.2, 0.25) is 5.91 Å². The molecule has 1 aliphatic rings. The van der Waals surface area contributed by atoms with Crippen LogP contribution >= 0.6 is 24.8 Å². The number of nitrogens with zero attached hydrogens (tertiary/aromatic N) is 1. The first-order chi connectivity index (χ1) is 8.63. The zero-order valence-electron chi connectivity index (χ0n) is 12.5. The summed E-state index contributed by atoms with van der Waals surface area (Å²) < 4.78 is 5.01. The third-order valence-electron chi connectivity index (χ3n) is 3.54. The molecule has 0 bridgehead atoms. The Hall–Kier alpha value is -0.0700. The smallest absolute Gasteiger partial charge is 0.223 e. The van der Waals surface area contributed by atoms with Crippen LogP contribution in [0.15, 0.2) is 0 Å². The Balaban J connectivity index is 0. The topological polar surface area (TPSA) is 67.6 Å². The number of rotatable bonds is 8. The van der Waals surface area contributed by atoms with Gasteiger partial charge in [0.15, 0.2) is 0 Å². The average molecular weight is 330 g/mol. The summed E-state index contributed by atoms with van der Waals surface area (Å²) in [6, 6.07) is 0.223. The van der Waals surface area contributed by atoms with E-state index in [1.807, 2.05) is 0 Å². The molecule has 1 aliphatic carbocycles. The van der Waals surface area contributed by atoms with E-state index in [1.165, 1.54) is 0 Å². The van der Waals surface area contributed by atoms with Gasteiger partial charge in [0, 0.05) is 32.2 Å². The monoisotopic (exact) mass is 329 g/mol. The molecule has 0 aromatic rings. The van der Waals surface area contributed by atoms with Crippen LogP contribution in [-0.4, -0.2) is 57.2 Å². The number of nitrogens with one attached hydrogen (secondary N) is 1. The van der Waals surface area contributed by atoms with Crippen molar-refractivity contribution in [1.29, 1.82) is 0 Å². The molecule has 7 heteroatoms. The van der Waals surface area contributed by atoms with Crippen LogP contribution in [0.25, 0.3) is 0 Å². The van der Waals surface area contributed by atoms with Gasteiger partial charge in [-0.15, -0.1) is 24.8 Å². The molecule has 1 amide bonds. The maximum absolute atomic E-state index is 11.8. The summed E-state index contributed by atoms with van der Waals surface area (Å²) >= 11 is 0. The lowest BCUT2D eigenvalue weighted by Gasteiger charge is -2.16. The predicted octanol–water partition coefficient (Wildman–Crippen LogP) is 1.04. The van der Waals surface area contributed by atoms with Gasteiger partial charge in [-0.25, -0.2) is 0 Å². The summed E-state index contributed by atoms with van der Waals surface area (Å²) in [5.41, 5.74) is 5.81. The second kappa shape index (κ2) is 12.7. The number of carbonyl (C=O) groups is 1.